The van der Waals surface area contributed by atoms with Gasteiger partial charge in [0.15, 0.2) is 9.84 Å². The number of ether oxygens (including phenoxy) is 1. The SMILES string of the molecule is COc1ccc(S(=O)(=O)Nc2ccc(N[C@H]3CS(=O)(=O)C[C@H]3O)cc2)cc1. The summed E-state index contributed by atoms with van der Waals surface area (Å²) in [4.78, 5) is 0.102. The lowest BCUT2D eigenvalue weighted by atomic mass is 10.2. The van der Waals surface area contributed by atoms with E-state index in [-0.39, 0.29) is 16.4 Å². The minimum atomic E-state index is -3.74. The van der Waals surface area contributed by atoms with Crippen LogP contribution in [-0.4, -0.2) is 52.7 Å². The van der Waals surface area contributed by atoms with Crippen LogP contribution in [-0.2, 0) is 19.9 Å². The van der Waals surface area contributed by atoms with Crippen LogP contribution < -0.4 is 14.8 Å². The van der Waals surface area contributed by atoms with E-state index in [2.05, 4.69) is 10.0 Å². The molecule has 27 heavy (non-hydrogen) atoms. The molecule has 0 radical (unpaired) electrons. The summed E-state index contributed by atoms with van der Waals surface area (Å²) in [5, 5.41) is 12.8. The highest BCUT2D eigenvalue weighted by molar-refractivity contribution is 7.92. The molecule has 3 rings (SSSR count). The monoisotopic (exact) mass is 412 g/mol. The average Bonchev–Trinajstić information content (AvgIpc) is 2.88. The molecular formula is C17H20N2O6S2. The average molecular weight is 412 g/mol. The molecule has 8 nitrogen and oxygen atoms in total. The van der Waals surface area contributed by atoms with Crippen LogP contribution >= 0.6 is 0 Å². The molecule has 1 heterocycles. The van der Waals surface area contributed by atoms with Crippen molar-refractivity contribution >= 4 is 31.2 Å². The number of methoxy groups -OCH3 is 1. The first-order valence-electron chi connectivity index (χ1n) is 8.10. The molecule has 1 aliphatic heterocycles. The van der Waals surface area contributed by atoms with Crippen LogP contribution in [0.15, 0.2) is 53.4 Å². The van der Waals surface area contributed by atoms with Gasteiger partial charge in [-0.3, -0.25) is 4.72 Å². The molecule has 3 N–H and O–H groups in total. The number of aliphatic hydroxyl groups excluding tert-OH is 1. The standard InChI is InChI=1S/C17H20N2O6S2/c1-25-14-6-8-15(9-7-14)27(23,24)19-13-4-2-12(3-5-13)18-16-10-26(21,22)11-17(16)20/h2-9,16-20H,10-11H2,1H3/t16-,17+/m0/s1. The summed E-state index contributed by atoms with van der Waals surface area (Å²) in [6.07, 6.45) is -0.969. The number of nitrogens with one attached hydrogen (secondary N) is 2. The zero-order chi connectivity index (χ0) is 19.7. The normalized spacial score (nSPS) is 21.6. The second-order valence-electron chi connectivity index (χ2n) is 6.25. The highest BCUT2D eigenvalue weighted by Crippen LogP contribution is 2.22. The molecule has 146 valence electrons. The van der Waals surface area contributed by atoms with E-state index in [4.69, 9.17) is 4.74 Å². The van der Waals surface area contributed by atoms with E-state index in [0.29, 0.717) is 17.1 Å². The number of benzene rings is 2. The summed E-state index contributed by atoms with van der Waals surface area (Å²) in [7, 11) is -5.49. The van der Waals surface area contributed by atoms with E-state index in [9.17, 15) is 21.9 Å². The molecule has 0 spiro atoms. The van der Waals surface area contributed by atoms with Gasteiger partial charge in [0, 0.05) is 11.4 Å². The van der Waals surface area contributed by atoms with Crippen molar-refractivity contribution in [2.45, 2.75) is 17.0 Å². The lowest BCUT2D eigenvalue weighted by molar-refractivity contribution is 0.190. The smallest absolute Gasteiger partial charge is 0.261 e. The third-order valence-corrected chi connectivity index (χ3v) is 7.30. The van der Waals surface area contributed by atoms with Crippen molar-refractivity contribution in [2.75, 3.05) is 28.7 Å². The third kappa shape index (κ3) is 4.71. The third-order valence-electron chi connectivity index (χ3n) is 4.18. The highest BCUT2D eigenvalue weighted by Gasteiger charge is 2.36. The first kappa shape index (κ1) is 19.5. The number of rotatable bonds is 6. The fourth-order valence-electron chi connectivity index (χ4n) is 2.78. The lowest BCUT2D eigenvalue weighted by Crippen LogP contribution is -2.31. The van der Waals surface area contributed by atoms with Gasteiger partial charge in [0.1, 0.15) is 5.75 Å². The Morgan fingerprint density at radius 2 is 1.59 bits per heavy atom. The first-order chi connectivity index (χ1) is 12.7. The summed E-state index contributed by atoms with van der Waals surface area (Å²) in [5.74, 6) is 0.158. The maximum absolute atomic E-state index is 12.4. The Bertz CT molecular complexity index is 1000. The highest BCUT2D eigenvalue weighted by atomic mass is 32.2. The predicted molar refractivity (Wildman–Crippen MR) is 102 cm³/mol. The van der Waals surface area contributed by atoms with E-state index in [1.165, 1.54) is 19.2 Å². The van der Waals surface area contributed by atoms with Gasteiger partial charge < -0.3 is 15.2 Å². The molecule has 2 aromatic rings. The minimum Gasteiger partial charge on any atom is -0.497 e. The lowest BCUT2D eigenvalue weighted by Gasteiger charge is -2.16. The van der Waals surface area contributed by atoms with Crippen molar-refractivity contribution in [1.82, 2.24) is 0 Å². The van der Waals surface area contributed by atoms with E-state index in [0.717, 1.165) is 0 Å². The molecular weight excluding hydrogens is 392 g/mol. The molecule has 2 aromatic carbocycles. The quantitative estimate of drug-likeness (QED) is 0.649. The maximum atomic E-state index is 12.4. The number of hydrogen-bond acceptors (Lipinski definition) is 7. The van der Waals surface area contributed by atoms with Crippen LogP contribution in [0.5, 0.6) is 5.75 Å². The molecule has 10 heteroatoms. The summed E-state index contributed by atoms with van der Waals surface area (Å²) in [6, 6.07) is 11.8. The van der Waals surface area contributed by atoms with E-state index in [1.54, 1.807) is 36.4 Å². The second-order valence-corrected chi connectivity index (χ2v) is 10.1. The van der Waals surface area contributed by atoms with Crippen molar-refractivity contribution in [3.63, 3.8) is 0 Å². The Morgan fingerprint density at radius 3 is 2.11 bits per heavy atom. The fourth-order valence-corrected chi connectivity index (χ4v) is 5.58. The zero-order valence-corrected chi connectivity index (χ0v) is 16.1. The van der Waals surface area contributed by atoms with Gasteiger partial charge >= 0.3 is 0 Å². The topological polar surface area (TPSA) is 122 Å². The van der Waals surface area contributed by atoms with Crippen LogP contribution in [0.2, 0.25) is 0 Å². The van der Waals surface area contributed by atoms with Gasteiger partial charge in [-0.15, -0.1) is 0 Å². The molecule has 1 fully saturated rings. The van der Waals surface area contributed by atoms with Gasteiger partial charge in [-0.05, 0) is 48.5 Å². The van der Waals surface area contributed by atoms with Crippen LogP contribution in [0.4, 0.5) is 11.4 Å². The van der Waals surface area contributed by atoms with Crippen molar-refractivity contribution < 1.29 is 26.7 Å². The van der Waals surface area contributed by atoms with Gasteiger partial charge in [-0.25, -0.2) is 16.8 Å². The fraction of sp³-hybridized carbons (Fsp3) is 0.294. The van der Waals surface area contributed by atoms with Crippen LogP contribution in [0.3, 0.4) is 0 Å². The predicted octanol–water partition coefficient (Wildman–Crippen LogP) is 1.07. The van der Waals surface area contributed by atoms with Gasteiger partial charge in [0.25, 0.3) is 10.0 Å². The van der Waals surface area contributed by atoms with Crippen LogP contribution in [0.25, 0.3) is 0 Å². The Morgan fingerprint density at radius 1 is 1.00 bits per heavy atom. The molecule has 0 aliphatic carbocycles. The Labute approximate surface area is 158 Å². The molecule has 0 unspecified atom stereocenters. The molecule has 1 aliphatic rings. The molecule has 0 amide bonds. The summed E-state index contributed by atoms with van der Waals surface area (Å²) < 4.78 is 55.4. The number of hydrogen-bond donors (Lipinski definition) is 3. The summed E-state index contributed by atoms with van der Waals surface area (Å²) >= 11 is 0. The van der Waals surface area contributed by atoms with Gasteiger partial charge in [0.2, 0.25) is 0 Å². The molecule has 2 atom stereocenters. The largest absolute Gasteiger partial charge is 0.497 e. The summed E-state index contributed by atoms with van der Waals surface area (Å²) in [6.45, 7) is 0. The van der Waals surface area contributed by atoms with Gasteiger partial charge in [-0.1, -0.05) is 0 Å². The van der Waals surface area contributed by atoms with Crippen molar-refractivity contribution in [2.24, 2.45) is 0 Å². The Kier molecular flexibility index (Phi) is 5.31. The van der Waals surface area contributed by atoms with Crippen molar-refractivity contribution in [1.29, 1.82) is 0 Å². The van der Waals surface area contributed by atoms with Crippen molar-refractivity contribution in [3.05, 3.63) is 48.5 Å². The first-order valence-corrected chi connectivity index (χ1v) is 11.4. The minimum absolute atomic E-state index is 0.102. The maximum Gasteiger partial charge on any atom is 0.261 e. The van der Waals surface area contributed by atoms with E-state index in [1.807, 2.05) is 0 Å². The van der Waals surface area contributed by atoms with E-state index >= 15 is 0 Å². The molecule has 0 aromatic heterocycles. The molecule has 0 saturated carbocycles. The zero-order valence-electron chi connectivity index (χ0n) is 14.5. The Hall–Kier alpha value is -2.30. The van der Waals surface area contributed by atoms with Gasteiger partial charge in [-0.2, -0.15) is 0 Å². The van der Waals surface area contributed by atoms with Gasteiger partial charge in [0.05, 0.1) is 35.7 Å². The number of aliphatic hydroxyl groups is 1. The number of sulfonamides is 1. The molecule has 0 bridgehead atoms. The second kappa shape index (κ2) is 7.37. The number of anilines is 2. The van der Waals surface area contributed by atoms with Crippen LogP contribution in [0.1, 0.15) is 0 Å². The number of sulfone groups is 1. The molecule has 1 saturated heterocycles. The van der Waals surface area contributed by atoms with E-state index < -0.39 is 32.0 Å². The Balaban J connectivity index is 1.68. The summed E-state index contributed by atoms with van der Waals surface area (Å²) in [5.41, 5.74) is 0.944. The van der Waals surface area contributed by atoms with Crippen LogP contribution in [0, 0.1) is 0 Å². The van der Waals surface area contributed by atoms with Crippen molar-refractivity contribution in [3.8, 4) is 5.75 Å².